The Bertz CT molecular complexity index is 283. The van der Waals surface area contributed by atoms with Crippen LogP contribution in [-0.4, -0.2) is 29.5 Å². The first-order chi connectivity index (χ1) is 5.77. The molecular weight excluding hydrogens is 276 g/mol. The summed E-state index contributed by atoms with van der Waals surface area (Å²) in [6.07, 6.45) is 2.96. The lowest BCUT2D eigenvalue weighted by atomic mass is 10.2. The molecule has 3 nitrogen and oxygen atoms in total. The third kappa shape index (κ3) is 2.20. The van der Waals surface area contributed by atoms with E-state index >= 15 is 0 Å². The Morgan fingerprint density at radius 3 is 3.17 bits per heavy atom. The second-order valence-corrected chi connectivity index (χ2v) is 4.41. The van der Waals surface area contributed by atoms with Gasteiger partial charge in [0, 0.05) is 30.7 Å². The molecule has 0 aromatic heterocycles. The quantitative estimate of drug-likeness (QED) is 0.564. The standard InChI is InChI=1S/C7H7FINO2/c1-12-7(11)5-2-6(3-8)9-10-4-5/h2,4H,3H2,1H3. The minimum absolute atomic E-state index is 0.330. The summed E-state index contributed by atoms with van der Waals surface area (Å²) in [6.45, 7) is -0.523. The summed E-state index contributed by atoms with van der Waals surface area (Å²) in [6, 6.07) is 0. The van der Waals surface area contributed by atoms with Gasteiger partial charge < -0.3 is 4.74 Å². The molecule has 0 atom stereocenters. The van der Waals surface area contributed by atoms with E-state index < -0.39 is 33.6 Å². The molecule has 1 aliphatic rings. The maximum atomic E-state index is 12.1. The summed E-state index contributed by atoms with van der Waals surface area (Å²) in [5.41, 5.74) is 0.330. The molecule has 0 aliphatic carbocycles. The molecule has 0 unspecified atom stereocenters. The smallest absolute Gasteiger partial charge is 0.339 e. The molecule has 66 valence electrons. The van der Waals surface area contributed by atoms with Crippen molar-refractivity contribution in [2.24, 2.45) is 3.21 Å². The monoisotopic (exact) mass is 283 g/mol. The van der Waals surface area contributed by atoms with Gasteiger partial charge in [-0.05, 0) is 6.08 Å². The Morgan fingerprint density at radius 1 is 1.83 bits per heavy atom. The molecule has 0 aromatic rings. The molecule has 0 saturated carbocycles. The zero-order valence-corrected chi connectivity index (χ0v) is 8.54. The van der Waals surface area contributed by atoms with Crippen molar-refractivity contribution in [2.45, 2.75) is 0 Å². The van der Waals surface area contributed by atoms with E-state index in [1.165, 1.54) is 19.4 Å². The Morgan fingerprint density at radius 2 is 2.58 bits per heavy atom. The highest BCUT2D eigenvalue weighted by molar-refractivity contribution is 14.2. The van der Waals surface area contributed by atoms with Crippen LogP contribution in [0.5, 0.6) is 0 Å². The largest absolute Gasteiger partial charge is 0.465 e. The van der Waals surface area contributed by atoms with Crippen LogP contribution in [0.4, 0.5) is 4.39 Å². The van der Waals surface area contributed by atoms with E-state index in [9.17, 15) is 9.18 Å². The highest BCUT2D eigenvalue weighted by Gasteiger charge is 2.10. The lowest BCUT2D eigenvalue weighted by Crippen LogP contribution is -2.10. The van der Waals surface area contributed by atoms with Crippen molar-refractivity contribution in [3.05, 3.63) is 11.6 Å². The van der Waals surface area contributed by atoms with Gasteiger partial charge in [-0.2, -0.15) is 0 Å². The van der Waals surface area contributed by atoms with E-state index in [-0.39, 0.29) is 0 Å². The molecule has 1 aliphatic heterocycles. The Balaban J connectivity index is 2.82. The van der Waals surface area contributed by atoms with Crippen LogP contribution in [0.1, 0.15) is 0 Å². The number of allylic oxidation sites excluding steroid dienone is 1. The van der Waals surface area contributed by atoms with Crippen molar-refractivity contribution in [3.8, 4) is 0 Å². The summed E-state index contributed by atoms with van der Waals surface area (Å²) in [7, 11) is 1.29. The molecule has 0 spiro atoms. The van der Waals surface area contributed by atoms with Crippen LogP contribution in [0.2, 0.25) is 0 Å². The van der Waals surface area contributed by atoms with Crippen molar-refractivity contribution >= 4 is 36.7 Å². The molecule has 0 N–H and O–H groups in total. The average Bonchev–Trinajstić information content (AvgIpc) is 2.17. The van der Waals surface area contributed by atoms with Gasteiger partial charge in [-0.1, -0.05) is 0 Å². The van der Waals surface area contributed by atoms with Crippen molar-refractivity contribution in [1.82, 2.24) is 0 Å². The summed E-state index contributed by atoms with van der Waals surface area (Å²) in [5, 5.41) is 0. The van der Waals surface area contributed by atoms with Gasteiger partial charge in [0.05, 0.1) is 12.7 Å². The van der Waals surface area contributed by atoms with Gasteiger partial charge >= 0.3 is 5.97 Å². The fourth-order valence-electron chi connectivity index (χ4n) is 0.661. The lowest BCUT2D eigenvalue weighted by Gasteiger charge is -2.02. The molecule has 0 fully saturated rings. The number of rotatable bonds is 2. The molecule has 0 radical (unpaired) electrons. The number of hydrogen-bond donors (Lipinski definition) is 0. The summed E-state index contributed by atoms with van der Waals surface area (Å²) >= 11 is -0.582. The highest BCUT2D eigenvalue weighted by atomic mass is 127. The Labute approximate surface area is 79.4 Å². The predicted molar refractivity (Wildman–Crippen MR) is 53.6 cm³/mol. The molecule has 0 saturated heterocycles. The van der Waals surface area contributed by atoms with Crippen LogP contribution in [0.25, 0.3) is 0 Å². The highest BCUT2D eigenvalue weighted by Crippen LogP contribution is 2.12. The van der Waals surface area contributed by atoms with Crippen LogP contribution in [0.15, 0.2) is 14.9 Å². The zero-order valence-electron chi connectivity index (χ0n) is 6.38. The van der Waals surface area contributed by atoms with Gasteiger partial charge in [-0.25, -0.2) is 12.4 Å². The first-order valence-electron chi connectivity index (χ1n) is 3.17. The Hall–Kier alpha value is -0.590. The van der Waals surface area contributed by atoms with Crippen LogP contribution in [-0.2, 0) is 9.53 Å². The van der Waals surface area contributed by atoms with Crippen LogP contribution in [0, 0.1) is 0 Å². The van der Waals surface area contributed by atoms with Crippen molar-refractivity contribution in [2.75, 3.05) is 13.8 Å². The average molecular weight is 283 g/mol. The number of hydrogen-bond acceptors (Lipinski definition) is 3. The van der Waals surface area contributed by atoms with Gasteiger partial charge in [-0.3, -0.25) is 0 Å². The van der Waals surface area contributed by atoms with E-state index in [1.807, 2.05) is 0 Å². The molecule has 0 bridgehead atoms. The maximum Gasteiger partial charge on any atom is 0.339 e. The number of carbonyl (C=O) groups excluding carboxylic acids is 1. The van der Waals surface area contributed by atoms with Crippen LogP contribution < -0.4 is 0 Å². The molecular formula is C7H7FINO2. The molecule has 0 aromatic carbocycles. The lowest BCUT2D eigenvalue weighted by molar-refractivity contribution is -0.135. The van der Waals surface area contributed by atoms with Crippen molar-refractivity contribution in [3.63, 3.8) is 0 Å². The zero-order chi connectivity index (χ0) is 8.97. The summed E-state index contributed by atoms with van der Waals surface area (Å²) in [5.74, 6) is -0.464. The number of carbonyl (C=O) groups is 1. The minimum Gasteiger partial charge on any atom is -0.465 e. The number of methoxy groups -OCH3 is 1. The van der Waals surface area contributed by atoms with Crippen LogP contribution in [0.3, 0.4) is 0 Å². The first-order valence-corrected chi connectivity index (χ1v) is 5.21. The fourth-order valence-corrected chi connectivity index (χ4v) is 2.06. The van der Waals surface area contributed by atoms with Gasteiger partial charge in [0.15, 0.2) is 0 Å². The third-order valence-corrected chi connectivity index (χ3v) is 2.98. The normalized spacial score (nSPS) is 15.8. The van der Waals surface area contributed by atoms with Crippen LogP contribution >= 0.6 is 21.0 Å². The number of ether oxygens (including phenoxy) is 1. The number of halogens is 2. The topological polar surface area (TPSA) is 38.7 Å². The number of esters is 1. The second kappa shape index (κ2) is 4.44. The third-order valence-electron chi connectivity index (χ3n) is 1.21. The SMILES string of the molecule is COC(=O)C1=CC(CF)=IN=C1. The molecule has 12 heavy (non-hydrogen) atoms. The number of alkyl halides is 1. The molecule has 0 amide bonds. The summed E-state index contributed by atoms with van der Waals surface area (Å²) in [4.78, 5) is 10.9. The van der Waals surface area contributed by atoms with E-state index in [2.05, 4.69) is 7.94 Å². The predicted octanol–water partition coefficient (Wildman–Crippen LogP) is 1.20. The molecule has 1 heterocycles. The molecule has 5 heteroatoms. The van der Waals surface area contributed by atoms with Gasteiger partial charge in [0.25, 0.3) is 0 Å². The fraction of sp³-hybridized carbons (Fsp3) is 0.286. The van der Waals surface area contributed by atoms with E-state index in [0.717, 1.165) is 0 Å². The first kappa shape index (κ1) is 9.50. The van der Waals surface area contributed by atoms with E-state index in [1.54, 1.807) is 0 Å². The van der Waals surface area contributed by atoms with E-state index in [4.69, 9.17) is 0 Å². The van der Waals surface area contributed by atoms with Gasteiger partial charge in [0.1, 0.15) is 6.67 Å². The summed E-state index contributed by atoms with van der Waals surface area (Å²) < 4.78 is 21.1. The maximum absolute atomic E-state index is 12.1. The minimum atomic E-state index is -0.582. The second-order valence-electron chi connectivity index (χ2n) is 1.98. The van der Waals surface area contributed by atoms with Crippen molar-refractivity contribution in [1.29, 1.82) is 0 Å². The van der Waals surface area contributed by atoms with Gasteiger partial charge in [-0.15, -0.1) is 0 Å². The van der Waals surface area contributed by atoms with Gasteiger partial charge in [0.2, 0.25) is 0 Å². The molecule has 1 rings (SSSR count). The Kier molecular flexibility index (Phi) is 3.51. The van der Waals surface area contributed by atoms with E-state index in [0.29, 0.717) is 9.08 Å². The van der Waals surface area contributed by atoms with Crippen molar-refractivity contribution < 1.29 is 13.9 Å². The number of nitrogens with zero attached hydrogens (tertiary/aromatic N) is 1.